The van der Waals surface area contributed by atoms with Gasteiger partial charge in [-0.15, -0.1) is 0 Å². The number of benzene rings is 2. The van der Waals surface area contributed by atoms with Gasteiger partial charge in [-0.3, -0.25) is 4.98 Å². The Kier molecular flexibility index (Phi) is 5.11. The molecule has 1 N–H and O–H groups in total. The summed E-state index contributed by atoms with van der Waals surface area (Å²) < 4.78 is 27.9. The first kappa shape index (κ1) is 19.2. The van der Waals surface area contributed by atoms with Gasteiger partial charge in [0.2, 0.25) is 0 Å². The maximum atomic E-state index is 13.3. The summed E-state index contributed by atoms with van der Waals surface area (Å²) in [5.41, 5.74) is 4.67. The predicted molar refractivity (Wildman–Crippen MR) is 117 cm³/mol. The summed E-state index contributed by atoms with van der Waals surface area (Å²) in [4.78, 5) is 4.15. The quantitative estimate of drug-likeness (QED) is 0.474. The standard InChI is InChI=1S/C23H23N3O2S/c1-3-5-18-16-26(29(27,28)21-6-4-13-24-15-21)23-14-20(11-12-22(18)23)25-19-9-7-17(2)8-10-19/h4,6-16,25H,3,5H2,1-2H3. The van der Waals surface area contributed by atoms with Crippen molar-refractivity contribution in [1.82, 2.24) is 8.96 Å². The SMILES string of the molecule is CCCc1cn(S(=O)(=O)c2cccnc2)c2cc(Nc3ccc(C)cc3)ccc12. The second-order valence-electron chi connectivity index (χ2n) is 7.12. The van der Waals surface area contributed by atoms with Crippen LogP contribution < -0.4 is 5.32 Å². The minimum atomic E-state index is -3.73. The molecule has 0 saturated carbocycles. The number of nitrogens with one attached hydrogen (secondary N) is 1. The number of aromatic nitrogens is 2. The molecule has 4 aromatic rings. The van der Waals surface area contributed by atoms with Gasteiger partial charge in [0.05, 0.1) is 5.52 Å². The van der Waals surface area contributed by atoms with Crippen LogP contribution in [0.1, 0.15) is 24.5 Å². The number of nitrogens with zero attached hydrogens (tertiary/aromatic N) is 2. The number of aryl methyl sites for hydroxylation is 2. The number of pyridine rings is 1. The first-order chi connectivity index (χ1) is 14.0. The number of fused-ring (bicyclic) bond motifs is 1. The lowest BCUT2D eigenvalue weighted by Gasteiger charge is -2.10. The van der Waals surface area contributed by atoms with Crippen LogP contribution in [0, 0.1) is 6.92 Å². The lowest BCUT2D eigenvalue weighted by molar-refractivity contribution is 0.588. The Morgan fingerprint density at radius 3 is 2.48 bits per heavy atom. The van der Waals surface area contributed by atoms with Gasteiger partial charge in [-0.05, 0) is 55.3 Å². The monoisotopic (exact) mass is 405 g/mol. The van der Waals surface area contributed by atoms with Gasteiger partial charge in [0.25, 0.3) is 10.0 Å². The number of hydrogen-bond donors (Lipinski definition) is 1. The van der Waals surface area contributed by atoms with Crippen molar-refractivity contribution in [2.24, 2.45) is 0 Å². The smallest absolute Gasteiger partial charge is 0.269 e. The molecule has 4 rings (SSSR count). The van der Waals surface area contributed by atoms with Gasteiger partial charge in [-0.25, -0.2) is 12.4 Å². The van der Waals surface area contributed by atoms with Crippen LogP contribution in [0.3, 0.4) is 0 Å². The first-order valence-electron chi connectivity index (χ1n) is 9.62. The maximum Gasteiger partial charge on any atom is 0.269 e. The van der Waals surface area contributed by atoms with Crippen LogP contribution >= 0.6 is 0 Å². The predicted octanol–water partition coefficient (Wildman–Crippen LogP) is 5.28. The molecule has 0 aliphatic carbocycles. The third kappa shape index (κ3) is 3.76. The van der Waals surface area contributed by atoms with Gasteiger partial charge < -0.3 is 5.32 Å². The largest absolute Gasteiger partial charge is 0.355 e. The van der Waals surface area contributed by atoms with Crippen molar-refractivity contribution in [1.29, 1.82) is 0 Å². The minimum Gasteiger partial charge on any atom is -0.355 e. The van der Waals surface area contributed by atoms with Crippen LogP contribution in [0.4, 0.5) is 11.4 Å². The van der Waals surface area contributed by atoms with Crippen molar-refractivity contribution in [3.63, 3.8) is 0 Å². The molecule has 148 valence electrons. The zero-order valence-corrected chi connectivity index (χ0v) is 17.3. The molecule has 0 radical (unpaired) electrons. The molecule has 0 fully saturated rings. The molecule has 2 aromatic heterocycles. The summed E-state index contributed by atoms with van der Waals surface area (Å²) in [5.74, 6) is 0. The highest BCUT2D eigenvalue weighted by Gasteiger charge is 2.21. The molecule has 5 nitrogen and oxygen atoms in total. The van der Waals surface area contributed by atoms with Crippen LogP contribution in [0.25, 0.3) is 10.9 Å². The van der Waals surface area contributed by atoms with Crippen LogP contribution in [0.5, 0.6) is 0 Å². The van der Waals surface area contributed by atoms with E-state index in [9.17, 15) is 8.42 Å². The topological polar surface area (TPSA) is 64.0 Å². The molecule has 0 amide bonds. The van der Waals surface area contributed by atoms with Crippen LogP contribution in [-0.2, 0) is 16.4 Å². The van der Waals surface area contributed by atoms with E-state index < -0.39 is 10.0 Å². The molecule has 29 heavy (non-hydrogen) atoms. The van der Waals surface area contributed by atoms with Crippen LogP contribution in [0.15, 0.2) is 78.1 Å². The Hall–Kier alpha value is -3.12. The molecule has 0 spiro atoms. The van der Waals surface area contributed by atoms with E-state index >= 15 is 0 Å². The minimum absolute atomic E-state index is 0.178. The van der Waals surface area contributed by atoms with Crippen molar-refractivity contribution in [3.05, 3.63) is 84.3 Å². The summed E-state index contributed by atoms with van der Waals surface area (Å²) in [6.45, 7) is 4.13. The summed E-state index contributed by atoms with van der Waals surface area (Å²) in [6, 6.07) is 17.2. The zero-order chi connectivity index (χ0) is 20.4. The molecule has 0 saturated heterocycles. The third-order valence-electron chi connectivity index (χ3n) is 4.90. The van der Waals surface area contributed by atoms with E-state index in [-0.39, 0.29) is 4.90 Å². The van der Waals surface area contributed by atoms with E-state index in [0.29, 0.717) is 5.52 Å². The lowest BCUT2D eigenvalue weighted by Crippen LogP contribution is -2.12. The van der Waals surface area contributed by atoms with Gasteiger partial charge in [0, 0.05) is 35.4 Å². The molecule has 0 bridgehead atoms. The highest BCUT2D eigenvalue weighted by molar-refractivity contribution is 7.90. The zero-order valence-electron chi connectivity index (χ0n) is 16.5. The Morgan fingerprint density at radius 1 is 1.03 bits per heavy atom. The highest BCUT2D eigenvalue weighted by atomic mass is 32.2. The van der Waals surface area contributed by atoms with Crippen LogP contribution in [0.2, 0.25) is 0 Å². The molecule has 0 aliphatic rings. The Balaban J connectivity index is 1.84. The molecule has 2 aromatic carbocycles. The Bertz CT molecular complexity index is 1240. The van der Waals surface area contributed by atoms with E-state index in [1.54, 1.807) is 24.5 Å². The molecular formula is C23H23N3O2S. The van der Waals surface area contributed by atoms with Crippen molar-refractivity contribution in [2.45, 2.75) is 31.6 Å². The molecule has 0 aliphatic heterocycles. The molecule has 0 atom stereocenters. The first-order valence-corrected chi connectivity index (χ1v) is 11.1. The summed E-state index contributed by atoms with van der Waals surface area (Å²) >= 11 is 0. The van der Waals surface area contributed by atoms with Crippen molar-refractivity contribution in [3.8, 4) is 0 Å². The van der Waals surface area contributed by atoms with Crippen LogP contribution in [-0.4, -0.2) is 17.4 Å². The van der Waals surface area contributed by atoms with Gasteiger partial charge >= 0.3 is 0 Å². The van der Waals surface area contributed by atoms with Gasteiger partial charge in [-0.1, -0.05) is 37.1 Å². The van der Waals surface area contributed by atoms with Gasteiger partial charge in [-0.2, -0.15) is 0 Å². The second-order valence-corrected chi connectivity index (χ2v) is 8.93. The van der Waals surface area contributed by atoms with E-state index in [1.807, 2.05) is 49.4 Å². The number of hydrogen-bond acceptors (Lipinski definition) is 4. The molecular weight excluding hydrogens is 382 g/mol. The fourth-order valence-corrected chi connectivity index (χ4v) is 4.78. The van der Waals surface area contributed by atoms with Crippen molar-refractivity contribution >= 4 is 32.3 Å². The molecule has 6 heteroatoms. The average Bonchev–Trinajstić information content (AvgIpc) is 3.09. The normalized spacial score (nSPS) is 11.7. The number of rotatable bonds is 6. The van der Waals surface area contributed by atoms with E-state index in [4.69, 9.17) is 0 Å². The summed E-state index contributed by atoms with van der Waals surface area (Å²) in [6.07, 6.45) is 6.45. The van der Waals surface area contributed by atoms with E-state index in [1.165, 1.54) is 15.7 Å². The van der Waals surface area contributed by atoms with Crippen molar-refractivity contribution in [2.75, 3.05) is 5.32 Å². The number of anilines is 2. The molecule has 0 unspecified atom stereocenters. The van der Waals surface area contributed by atoms with E-state index in [0.717, 1.165) is 35.2 Å². The third-order valence-corrected chi connectivity index (χ3v) is 6.56. The average molecular weight is 406 g/mol. The van der Waals surface area contributed by atoms with Crippen molar-refractivity contribution < 1.29 is 8.42 Å². The summed E-state index contributed by atoms with van der Waals surface area (Å²) in [5, 5.41) is 4.32. The fourth-order valence-electron chi connectivity index (χ4n) is 3.43. The van der Waals surface area contributed by atoms with Gasteiger partial charge in [0.1, 0.15) is 4.90 Å². The maximum absolute atomic E-state index is 13.3. The molecule has 2 heterocycles. The second kappa shape index (κ2) is 7.72. The fraction of sp³-hybridized carbons (Fsp3) is 0.174. The van der Waals surface area contributed by atoms with E-state index in [2.05, 4.69) is 17.2 Å². The lowest BCUT2D eigenvalue weighted by atomic mass is 10.1. The highest BCUT2D eigenvalue weighted by Crippen LogP contribution is 2.30. The Morgan fingerprint density at radius 2 is 1.79 bits per heavy atom. The van der Waals surface area contributed by atoms with Gasteiger partial charge in [0.15, 0.2) is 0 Å². The Labute approximate surface area is 171 Å². The summed E-state index contributed by atoms with van der Waals surface area (Å²) in [7, 11) is -3.73.